The minimum Gasteiger partial charge on any atom is -0.335 e. The maximum atomic E-state index is 13.3. The van der Waals surface area contributed by atoms with E-state index in [9.17, 15) is 26.4 Å². The number of benzene rings is 1. The van der Waals surface area contributed by atoms with Crippen LogP contribution in [0.4, 0.5) is 13.2 Å². The van der Waals surface area contributed by atoms with Crippen LogP contribution in [-0.2, 0) is 29.2 Å². The third-order valence-electron chi connectivity index (χ3n) is 5.53. The molecule has 1 aromatic carbocycles. The Balaban J connectivity index is 1.50. The zero-order valence-electron chi connectivity index (χ0n) is 16.1. The first-order valence-electron chi connectivity index (χ1n) is 9.69. The van der Waals surface area contributed by atoms with E-state index in [2.05, 4.69) is 4.98 Å². The fourth-order valence-electron chi connectivity index (χ4n) is 3.95. The third-order valence-corrected chi connectivity index (χ3v) is 7.48. The number of halogens is 3. The van der Waals surface area contributed by atoms with Crippen LogP contribution in [0, 0.1) is 0 Å². The number of hydrogen-bond acceptors (Lipinski definition) is 4. The van der Waals surface area contributed by atoms with Crippen molar-refractivity contribution in [3.63, 3.8) is 0 Å². The van der Waals surface area contributed by atoms with E-state index in [4.69, 9.17) is 0 Å². The van der Waals surface area contributed by atoms with Gasteiger partial charge in [0, 0.05) is 39.1 Å². The monoisotopic (exact) mass is 442 g/mol. The SMILES string of the molecule is O=C(c1cnc2n1CCCC2)N1CCN(S(=O)(=O)c2ccccc2C(F)(F)F)CC1. The van der Waals surface area contributed by atoms with Gasteiger partial charge in [-0.15, -0.1) is 0 Å². The van der Waals surface area contributed by atoms with Crippen LogP contribution in [-0.4, -0.2) is 59.3 Å². The fourth-order valence-corrected chi connectivity index (χ4v) is 5.58. The Morgan fingerprint density at radius 2 is 1.70 bits per heavy atom. The van der Waals surface area contributed by atoms with Gasteiger partial charge in [0.1, 0.15) is 11.5 Å². The molecule has 0 radical (unpaired) electrons. The number of hydrogen-bond donors (Lipinski definition) is 0. The van der Waals surface area contributed by atoms with Gasteiger partial charge in [0.05, 0.1) is 16.7 Å². The Bertz CT molecular complexity index is 1060. The number of aromatic nitrogens is 2. The quantitative estimate of drug-likeness (QED) is 0.732. The van der Waals surface area contributed by atoms with Crippen LogP contribution in [0.2, 0.25) is 0 Å². The molecule has 30 heavy (non-hydrogen) atoms. The molecule has 0 atom stereocenters. The molecule has 0 unspecified atom stereocenters. The second kappa shape index (κ2) is 7.69. The summed E-state index contributed by atoms with van der Waals surface area (Å²) in [6, 6.07) is 4.15. The molecule has 1 saturated heterocycles. The van der Waals surface area contributed by atoms with E-state index < -0.39 is 26.7 Å². The number of carbonyl (C=O) groups is 1. The summed E-state index contributed by atoms with van der Waals surface area (Å²) in [5, 5.41) is 0. The second-order valence-electron chi connectivity index (χ2n) is 7.36. The summed E-state index contributed by atoms with van der Waals surface area (Å²) in [4.78, 5) is 18.0. The molecule has 4 rings (SSSR count). The lowest BCUT2D eigenvalue weighted by atomic mass is 10.1. The molecule has 0 saturated carbocycles. The summed E-state index contributed by atoms with van der Waals surface area (Å²) in [6.07, 6.45) is -0.416. The molecular weight excluding hydrogens is 421 g/mol. The zero-order chi connectivity index (χ0) is 21.5. The van der Waals surface area contributed by atoms with E-state index in [1.807, 2.05) is 4.57 Å². The molecule has 1 amide bonds. The number of nitrogens with zero attached hydrogens (tertiary/aromatic N) is 4. The van der Waals surface area contributed by atoms with Gasteiger partial charge in [-0.2, -0.15) is 17.5 Å². The highest BCUT2D eigenvalue weighted by Gasteiger charge is 2.40. The van der Waals surface area contributed by atoms with Gasteiger partial charge >= 0.3 is 6.18 Å². The molecule has 11 heteroatoms. The van der Waals surface area contributed by atoms with E-state index in [0.29, 0.717) is 5.69 Å². The highest BCUT2D eigenvalue weighted by Crippen LogP contribution is 2.35. The Labute approximate surface area is 172 Å². The highest BCUT2D eigenvalue weighted by molar-refractivity contribution is 7.89. The number of rotatable bonds is 3. The van der Waals surface area contributed by atoms with Crippen molar-refractivity contribution in [1.82, 2.24) is 18.8 Å². The molecule has 0 aliphatic carbocycles. The number of carbonyl (C=O) groups excluding carboxylic acids is 1. The average Bonchev–Trinajstić information content (AvgIpc) is 3.17. The van der Waals surface area contributed by atoms with Crippen molar-refractivity contribution in [2.75, 3.05) is 26.2 Å². The van der Waals surface area contributed by atoms with Gasteiger partial charge in [-0.25, -0.2) is 13.4 Å². The van der Waals surface area contributed by atoms with E-state index >= 15 is 0 Å². The molecule has 7 nitrogen and oxygen atoms in total. The van der Waals surface area contributed by atoms with Crippen molar-refractivity contribution in [2.45, 2.75) is 36.9 Å². The van der Waals surface area contributed by atoms with Crippen LogP contribution < -0.4 is 0 Å². The molecular formula is C19H21F3N4O3S. The number of sulfonamides is 1. The van der Waals surface area contributed by atoms with Crippen LogP contribution in [0.15, 0.2) is 35.4 Å². The summed E-state index contributed by atoms with van der Waals surface area (Å²) >= 11 is 0. The predicted octanol–water partition coefficient (Wildman–Crippen LogP) is 2.38. The molecule has 1 fully saturated rings. The van der Waals surface area contributed by atoms with E-state index in [1.54, 1.807) is 6.20 Å². The first kappa shape index (κ1) is 20.9. The van der Waals surface area contributed by atoms with Crippen LogP contribution in [0.25, 0.3) is 0 Å². The minimum absolute atomic E-state index is 0.0682. The number of imidazole rings is 1. The molecule has 0 spiro atoms. The summed E-state index contributed by atoms with van der Waals surface area (Å²) in [5.74, 6) is 0.637. The van der Waals surface area contributed by atoms with Crippen molar-refractivity contribution >= 4 is 15.9 Å². The Morgan fingerprint density at radius 1 is 1.00 bits per heavy atom. The number of piperazine rings is 1. The first-order valence-corrected chi connectivity index (χ1v) is 11.1. The van der Waals surface area contributed by atoms with Gasteiger partial charge in [-0.05, 0) is 25.0 Å². The standard InChI is InChI=1S/C19H21F3N4O3S/c20-19(21,22)14-5-1-2-6-16(14)30(28,29)25-11-9-24(10-12-25)18(27)15-13-23-17-7-3-4-8-26(15)17/h1-2,5-6,13H,3-4,7-12H2. The van der Waals surface area contributed by atoms with Crippen LogP contribution in [0.1, 0.15) is 34.7 Å². The van der Waals surface area contributed by atoms with Gasteiger partial charge in [-0.3, -0.25) is 4.79 Å². The molecule has 0 bridgehead atoms. The lowest BCUT2D eigenvalue weighted by Gasteiger charge is -2.34. The number of fused-ring (bicyclic) bond motifs is 1. The molecule has 2 aliphatic rings. The Kier molecular flexibility index (Phi) is 5.35. The molecule has 162 valence electrons. The van der Waals surface area contributed by atoms with Crippen molar-refractivity contribution in [1.29, 1.82) is 0 Å². The summed E-state index contributed by atoms with van der Waals surface area (Å²) in [6.45, 7) is 0.793. The number of aryl methyl sites for hydroxylation is 1. The first-order chi connectivity index (χ1) is 14.2. The van der Waals surface area contributed by atoms with Crippen LogP contribution in [0.3, 0.4) is 0 Å². The number of amides is 1. The summed E-state index contributed by atoms with van der Waals surface area (Å²) in [5.41, 5.74) is -0.710. The smallest absolute Gasteiger partial charge is 0.335 e. The van der Waals surface area contributed by atoms with E-state index in [0.717, 1.165) is 54.1 Å². The van der Waals surface area contributed by atoms with Gasteiger partial charge in [0.25, 0.3) is 5.91 Å². The molecule has 3 heterocycles. The van der Waals surface area contributed by atoms with E-state index in [1.165, 1.54) is 11.0 Å². The Hall–Kier alpha value is -2.40. The zero-order valence-corrected chi connectivity index (χ0v) is 16.9. The largest absolute Gasteiger partial charge is 0.417 e. The van der Waals surface area contributed by atoms with Crippen molar-refractivity contribution in [3.8, 4) is 0 Å². The minimum atomic E-state index is -4.78. The molecule has 2 aliphatic heterocycles. The van der Waals surface area contributed by atoms with Gasteiger partial charge in [0.2, 0.25) is 10.0 Å². The van der Waals surface area contributed by atoms with Crippen molar-refractivity contribution in [2.24, 2.45) is 0 Å². The number of alkyl halides is 3. The van der Waals surface area contributed by atoms with Gasteiger partial charge in [-0.1, -0.05) is 12.1 Å². The molecule has 2 aromatic rings. The van der Waals surface area contributed by atoms with Crippen molar-refractivity contribution < 1.29 is 26.4 Å². The topological polar surface area (TPSA) is 75.5 Å². The van der Waals surface area contributed by atoms with Gasteiger partial charge in [0.15, 0.2) is 0 Å². The molecule has 1 aromatic heterocycles. The van der Waals surface area contributed by atoms with Gasteiger partial charge < -0.3 is 9.47 Å². The maximum absolute atomic E-state index is 13.3. The lowest BCUT2D eigenvalue weighted by molar-refractivity contribution is -0.139. The van der Waals surface area contributed by atoms with E-state index in [-0.39, 0.29) is 32.1 Å². The van der Waals surface area contributed by atoms with Crippen molar-refractivity contribution in [3.05, 3.63) is 47.5 Å². The predicted molar refractivity (Wildman–Crippen MR) is 101 cm³/mol. The highest BCUT2D eigenvalue weighted by atomic mass is 32.2. The maximum Gasteiger partial charge on any atom is 0.417 e. The summed E-state index contributed by atoms with van der Waals surface area (Å²) < 4.78 is 68.4. The van der Waals surface area contributed by atoms with Crippen LogP contribution >= 0.6 is 0 Å². The summed E-state index contributed by atoms with van der Waals surface area (Å²) in [7, 11) is -4.34. The fraction of sp³-hybridized carbons (Fsp3) is 0.474. The normalized spacial score (nSPS) is 18.3. The molecule has 0 N–H and O–H groups in total. The Morgan fingerprint density at radius 3 is 2.40 bits per heavy atom. The van der Waals surface area contributed by atoms with Crippen LogP contribution in [0.5, 0.6) is 0 Å². The lowest BCUT2D eigenvalue weighted by Crippen LogP contribution is -2.51. The average molecular weight is 442 g/mol. The second-order valence-corrected chi connectivity index (χ2v) is 9.26. The third kappa shape index (κ3) is 3.71.